The fourth-order valence-electron chi connectivity index (χ4n) is 3.41. The maximum atomic E-state index is 12.4. The molecule has 0 spiro atoms. The molecule has 136 valence electrons. The van der Waals surface area contributed by atoms with Crippen LogP contribution in [-0.4, -0.2) is 32.7 Å². The van der Waals surface area contributed by atoms with Crippen LogP contribution in [0.5, 0.6) is 11.5 Å². The Morgan fingerprint density at radius 1 is 1.31 bits per heavy atom. The van der Waals surface area contributed by atoms with E-state index in [4.69, 9.17) is 21.7 Å². The second kappa shape index (κ2) is 6.95. The first kappa shape index (κ1) is 16.8. The Balaban J connectivity index is 1.69. The molecule has 0 saturated heterocycles. The normalized spacial score (nSPS) is 14.8. The maximum Gasteiger partial charge on any atom is 0.328 e. The van der Waals surface area contributed by atoms with E-state index in [1.807, 2.05) is 18.2 Å². The number of H-pyrrole nitrogens is 2. The van der Waals surface area contributed by atoms with Crippen LogP contribution in [0.15, 0.2) is 29.3 Å². The summed E-state index contributed by atoms with van der Waals surface area (Å²) in [5, 5.41) is 0. The molecule has 1 saturated carbocycles. The lowest BCUT2D eigenvalue weighted by atomic mass is 10.2. The van der Waals surface area contributed by atoms with E-state index in [-0.39, 0.29) is 11.8 Å². The molecule has 2 heterocycles. The molecule has 1 aliphatic rings. The Morgan fingerprint density at radius 2 is 2.12 bits per heavy atom. The molecule has 0 unspecified atom stereocenters. The quantitative estimate of drug-likeness (QED) is 0.672. The van der Waals surface area contributed by atoms with Gasteiger partial charge >= 0.3 is 5.69 Å². The number of imidazole rings is 1. The third kappa shape index (κ3) is 3.12. The van der Waals surface area contributed by atoms with Gasteiger partial charge in [0.05, 0.1) is 26.1 Å². The van der Waals surface area contributed by atoms with E-state index in [9.17, 15) is 4.79 Å². The molecular weight excluding hydrogens is 352 g/mol. The summed E-state index contributed by atoms with van der Waals surface area (Å²) in [5.74, 6) is 1.41. The fraction of sp³-hybridized carbons (Fsp3) is 0.389. The standard InChI is InChI=1S/C18H20N4O3S/c1-24-13-7-6-11(8-14(13)25-12-4-2-3-5-12)9-22-16-15(19-10-20-16)17(26)21-18(22)23/h6-8,10,12H,2-5,9H2,1H3,(H,19,20)(H,21,23,26). The lowest BCUT2D eigenvalue weighted by molar-refractivity contribution is 0.200. The zero-order valence-electron chi connectivity index (χ0n) is 14.4. The highest BCUT2D eigenvalue weighted by Crippen LogP contribution is 2.32. The summed E-state index contributed by atoms with van der Waals surface area (Å²) in [5.41, 5.74) is 1.82. The molecule has 4 rings (SSSR count). The van der Waals surface area contributed by atoms with E-state index in [1.54, 1.807) is 11.7 Å². The molecule has 26 heavy (non-hydrogen) atoms. The number of aromatic amines is 2. The van der Waals surface area contributed by atoms with Crippen molar-refractivity contribution < 1.29 is 9.47 Å². The van der Waals surface area contributed by atoms with Gasteiger partial charge in [-0.25, -0.2) is 9.78 Å². The Hall–Kier alpha value is -2.61. The average molecular weight is 372 g/mol. The van der Waals surface area contributed by atoms with Gasteiger partial charge in [0.1, 0.15) is 10.2 Å². The highest BCUT2D eigenvalue weighted by atomic mass is 32.1. The summed E-state index contributed by atoms with van der Waals surface area (Å²) in [6.45, 7) is 0.358. The number of methoxy groups -OCH3 is 1. The largest absolute Gasteiger partial charge is 0.493 e. The predicted molar refractivity (Wildman–Crippen MR) is 101 cm³/mol. The number of hydrogen-bond donors (Lipinski definition) is 2. The van der Waals surface area contributed by atoms with E-state index in [0.717, 1.165) is 18.4 Å². The Bertz CT molecular complexity index is 1050. The summed E-state index contributed by atoms with van der Waals surface area (Å²) >= 11 is 5.18. The van der Waals surface area contributed by atoms with Crippen LogP contribution in [0.1, 0.15) is 31.2 Å². The van der Waals surface area contributed by atoms with E-state index in [2.05, 4.69) is 15.0 Å². The van der Waals surface area contributed by atoms with E-state index in [1.165, 1.54) is 19.2 Å². The number of aromatic nitrogens is 4. The minimum absolute atomic E-state index is 0.229. The monoisotopic (exact) mass is 372 g/mol. The van der Waals surface area contributed by atoms with E-state index < -0.39 is 0 Å². The van der Waals surface area contributed by atoms with Crippen molar-refractivity contribution >= 4 is 23.4 Å². The first-order valence-corrected chi connectivity index (χ1v) is 9.06. The predicted octanol–water partition coefficient (Wildman–Crippen LogP) is 3.16. The lowest BCUT2D eigenvalue weighted by Gasteiger charge is -2.17. The number of hydrogen-bond acceptors (Lipinski definition) is 5. The fourth-order valence-corrected chi connectivity index (χ4v) is 3.65. The van der Waals surface area contributed by atoms with Gasteiger partial charge in [-0.2, -0.15) is 0 Å². The number of rotatable bonds is 5. The molecule has 1 aliphatic carbocycles. The number of ether oxygens (including phenoxy) is 2. The van der Waals surface area contributed by atoms with Crippen molar-refractivity contribution in [1.82, 2.24) is 19.5 Å². The minimum atomic E-state index is -0.288. The molecule has 0 bridgehead atoms. The second-order valence-corrected chi connectivity index (χ2v) is 6.86. The molecule has 8 heteroatoms. The minimum Gasteiger partial charge on any atom is -0.493 e. The molecule has 2 N–H and O–H groups in total. The Kier molecular flexibility index (Phi) is 4.50. The van der Waals surface area contributed by atoms with Crippen molar-refractivity contribution in [1.29, 1.82) is 0 Å². The molecule has 0 amide bonds. The van der Waals surface area contributed by atoms with Crippen molar-refractivity contribution in [2.24, 2.45) is 0 Å². The number of fused-ring (bicyclic) bond motifs is 1. The first-order valence-electron chi connectivity index (χ1n) is 8.65. The first-order chi connectivity index (χ1) is 12.7. The summed E-state index contributed by atoms with van der Waals surface area (Å²) in [6, 6.07) is 5.73. The summed E-state index contributed by atoms with van der Waals surface area (Å²) in [7, 11) is 1.63. The van der Waals surface area contributed by atoms with Gasteiger partial charge in [-0.15, -0.1) is 0 Å². The molecule has 0 radical (unpaired) electrons. The van der Waals surface area contributed by atoms with Crippen LogP contribution >= 0.6 is 12.2 Å². The molecule has 1 aromatic carbocycles. The Labute approximate surface area is 155 Å². The molecule has 2 aromatic heterocycles. The van der Waals surface area contributed by atoms with Gasteiger partial charge in [-0.3, -0.25) is 9.55 Å². The van der Waals surface area contributed by atoms with Crippen LogP contribution in [0.3, 0.4) is 0 Å². The highest BCUT2D eigenvalue weighted by molar-refractivity contribution is 7.71. The lowest BCUT2D eigenvalue weighted by Crippen LogP contribution is -2.24. The smallest absolute Gasteiger partial charge is 0.328 e. The van der Waals surface area contributed by atoms with Crippen LogP contribution in [0.2, 0.25) is 0 Å². The number of nitrogens with zero attached hydrogens (tertiary/aromatic N) is 2. The van der Waals surface area contributed by atoms with Crippen LogP contribution in [0, 0.1) is 4.64 Å². The number of benzene rings is 1. The zero-order valence-corrected chi connectivity index (χ0v) is 15.3. The van der Waals surface area contributed by atoms with Crippen molar-refractivity contribution in [2.75, 3.05) is 7.11 Å². The highest BCUT2D eigenvalue weighted by Gasteiger charge is 2.19. The molecular formula is C18H20N4O3S. The van der Waals surface area contributed by atoms with E-state index in [0.29, 0.717) is 33.8 Å². The second-order valence-electron chi connectivity index (χ2n) is 6.46. The van der Waals surface area contributed by atoms with Gasteiger partial charge in [0, 0.05) is 0 Å². The van der Waals surface area contributed by atoms with Gasteiger partial charge < -0.3 is 14.5 Å². The average Bonchev–Trinajstić information content (AvgIpc) is 3.30. The summed E-state index contributed by atoms with van der Waals surface area (Å²) in [4.78, 5) is 22.3. The van der Waals surface area contributed by atoms with Gasteiger partial charge in [0.2, 0.25) is 0 Å². The van der Waals surface area contributed by atoms with Crippen LogP contribution in [0.4, 0.5) is 0 Å². The molecule has 0 atom stereocenters. The maximum absolute atomic E-state index is 12.4. The van der Waals surface area contributed by atoms with Crippen LogP contribution in [-0.2, 0) is 6.54 Å². The van der Waals surface area contributed by atoms with Gasteiger partial charge in [-0.05, 0) is 43.4 Å². The Morgan fingerprint density at radius 3 is 2.88 bits per heavy atom. The topological polar surface area (TPSA) is 84.9 Å². The number of nitrogens with one attached hydrogen (secondary N) is 2. The third-order valence-electron chi connectivity index (χ3n) is 4.73. The van der Waals surface area contributed by atoms with Crippen molar-refractivity contribution in [3.8, 4) is 11.5 Å². The molecule has 0 aliphatic heterocycles. The van der Waals surface area contributed by atoms with Crippen LogP contribution in [0.25, 0.3) is 11.2 Å². The molecule has 3 aromatic rings. The summed E-state index contributed by atoms with van der Waals surface area (Å²) < 4.78 is 13.5. The van der Waals surface area contributed by atoms with Gasteiger partial charge in [-0.1, -0.05) is 18.3 Å². The zero-order chi connectivity index (χ0) is 18.1. The molecule has 1 fully saturated rings. The van der Waals surface area contributed by atoms with Gasteiger partial charge in [0.25, 0.3) is 0 Å². The van der Waals surface area contributed by atoms with Gasteiger partial charge in [0.15, 0.2) is 17.1 Å². The SMILES string of the molecule is COc1ccc(Cn2c(=O)[nH]c(=S)c3[nH]cnc32)cc1OC1CCCC1. The third-order valence-corrected chi connectivity index (χ3v) is 5.04. The van der Waals surface area contributed by atoms with E-state index >= 15 is 0 Å². The molecule has 7 nitrogen and oxygen atoms in total. The summed E-state index contributed by atoms with van der Waals surface area (Å²) in [6.07, 6.45) is 6.29. The van der Waals surface area contributed by atoms with Crippen LogP contribution < -0.4 is 15.2 Å². The van der Waals surface area contributed by atoms with Crippen molar-refractivity contribution in [3.63, 3.8) is 0 Å². The van der Waals surface area contributed by atoms with Crippen molar-refractivity contribution in [2.45, 2.75) is 38.3 Å². The van der Waals surface area contributed by atoms with Crippen molar-refractivity contribution in [3.05, 3.63) is 45.2 Å².